The second-order valence-electron chi connectivity index (χ2n) is 5.52. The summed E-state index contributed by atoms with van der Waals surface area (Å²) >= 11 is 0. The molecule has 1 N–H and O–H groups in total. The lowest BCUT2D eigenvalue weighted by Crippen LogP contribution is -2.23. The SMILES string of the molecule is CCC(C)c1ccccc1OC(C)CNc1ccccc1. The lowest BCUT2D eigenvalue weighted by molar-refractivity contribution is 0.231. The zero-order valence-corrected chi connectivity index (χ0v) is 13.2. The summed E-state index contributed by atoms with van der Waals surface area (Å²) in [6.07, 6.45) is 1.24. The van der Waals surface area contributed by atoms with Crippen LogP contribution in [0.25, 0.3) is 0 Å². The highest BCUT2D eigenvalue weighted by atomic mass is 16.5. The second-order valence-corrected chi connectivity index (χ2v) is 5.52. The molecule has 0 aliphatic heterocycles. The van der Waals surface area contributed by atoms with Crippen molar-refractivity contribution >= 4 is 5.69 Å². The Morgan fingerprint density at radius 1 is 0.952 bits per heavy atom. The molecule has 112 valence electrons. The van der Waals surface area contributed by atoms with Gasteiger partial charge in [0.05, 0.1) is 6.54 Å². The fourth-order valence-corrected chi connectivity index (χ4v) is 2.29. The van der Waals surface area contributed by atoms with Crippen LogP contribution in [-0.2, 0) is 0 Å². The standard InChI is InChI=1S/C19H25NO/c1-4-15(2)18-12-8-9-13-19(18)21-16(3)14-20-17-10-6-5-7-11-17/h5-13,15-16,20H,4,14H2,1-3H3. The van der Waals surface area contributed by atoms with Crippen LogP contribution in [0.4, 0.5) is 5.69 Å². The summed E-state index contributed by atoms with van der Waals surface area (Å²) in [7, 11) is 0. The highest BCUT2D eigenvalue weighted by molar-refractivity contribution is 5.42. The monoisotopic (exact) mass is 283 g/mol. The number of para-hydroxylation sites is 2. The van der Waals surface area contributed by atoms with Crippen molar-refractivity contribution in [3.8, 4) is 5.75 Å². The van der Waals surface area contributed by atoms with Gasteiger partial charge >= 0.3 is 0 Å². The molecule has 2 nitrogen and oxygen atoms in total. The van der Waals surface area contributed by atoms with E-state index in [0.717, 1.165) is 24.4 Å². The maximum atomic E-state index is 6.13. The summed E-state index contributed by atoms with van der Waals surface area (Å²) in [5.74, 6) is 1.53. The minimum atomic E-state index is 0.121. The van der Waals surface area contributed by atoms with Crippen LogP contribution in [0.1, 0.15) is 38.7 Å². The van der Waals surface area contributed by atoms with E-state index in [9.17, 15) is 0 Å². The van der Waals surface area contributed by atoms with E-state index in [4.69, 9.17) is 4.74 Å². The van der Waals surface area contributed by atoms with E-state index in [-0.39, 0.29) is 6.10 Å². The first-order valence-corrected chi connectivity index (χ1v) is 7.75. The smallest absolute Gasteiger partial charge is 0.123 e. The first-order valence-electron chi connectivity index (χ1n) is 7.75. The Balaban J connectivity index is 1.95. The van der Waals surface area contributed by atoms with Crippen LogP contribution in [0, 0.1) is 0 Å². The molecular weight excluding hydrogens is 258 g/mol. The quantitative estimate of drug-likeness (QED) is 0.765. The lowest BCUT2D eigenvalue weighted by atomic mass is 9.98. The van der Waals surface area contributed by atoms with Gasteiger partial charge < -0.3 is 10.1 Å². The third-order valence-electron chi connectivity index (χ3n) is 3.76. The topological polar surface area (TPSA) is 21.3 Å². The highest BCUT2D eigenvalue weighted by Crippen LogP contribution is 2.29. The van der Waals surface area contributed by atoms with Gasteiger partial charge in [0.1, 0.15) is 11.9 Å². The Morgan fingerprint density at radius 2 is 1.62 bits per heavy atom. The van der Waals surface area contributed by atoms with Gasteiger partial charge in [0.2, 0.25) is 0 Å². The van der Waals surface area contributed by atoms with Crippen LogP contribution in [0.3, 0.4) is 0 Å². The number of hydrogen-bond donors (Lipinski definition) is 1. The maximum Gasteiger partial charge on any atom is 0.123 e. The van der Waals surface area contributed by atoms with Crippen molar-refractivity contribution in [2.75, 3.05) is 11.9 Å². The third kappa shape index (κ3) is 4.52. The molecule has 2 rings (SSSR count). The molecule has 2 unspecified atom stereocenters. The van der Waals surface area contributed by atoms with E-state index in [0.29, 0.717) is 5.92 Å². The number of rotatable bonds is 7. The van der Waals surface area contributed by atoms with Crippen LogP contribution in [0.5, 0.6) is 5.75 Å². The first kappa shape index (κ1) is 15.4. The molecule has 0 aromatic heterocycles. The van der Waals surface area contributed by atoms with Gasteiger partial charge in [-0.1, -0.05) is 50.2 Å². The van der Waals surface area contributed by atoms with Crippen molar-refractivity contribution in [3.05, 3.63) is 60.2 Å². The Hall–Kier alpha value is -1.96. The molecule has 0 heterocycles. The number of nitrogens with one attached hydrogen (secondary N) is 1. The average Bonchev–Trinajstić information content (AvgIpc) is 2.54. The minimum absolute atomic E-state index is 0.121. The molecule has 0 spiro atoms. The summed E-state index contributed by atoms with van der Waals surface area (Å²) in [4.78, 5) is 0. The van der Waals surface area contributed by atoms with Gasteiger partial charge in [-0.2, -0.15) is 0 Å². The number of anilines is 1. The predicted molar refractivity (Wildman–Crippen MR) is 90.2 cm³/mol. The number of hydrogen-bond acceptors (Lipinski definition) is 2. The Labute approximate surface area is 128 Å². The zero-order chi connectivity index (χ0) is 15.1. The van der Waals surface area contributed by atoms with E-state index in [1.165, 1.54) is 5.56 Å². The van der Waals surface area contributed by atoms with Gasteiger partial charge in [-0.15, -0.1) is 0 Å². The van der Waals surface area contributed by atoms with Gasteiger partial charge in [0.15, 0.2) is 0 Å². The number of ether oxygens (including phenoxy) is 1. The fourth-order valence-electron chi connectivity index (χ4n) is 2.29. The molecule has 0 saturated heterocycles. The second kappa shape index (κ2) is 7.72. The first-order chi connectivity index (χ1) is 10.2. The molecule has 0 aliphatic rings. The molecule has 0 bridgehead atoms. The molecular formula is C19H25NO. The fraction of sp³-hybridized carbons (Fsp3) is 0.368. The van der Waals surface area contributed by atoms with Crippen molar-refractivity contribution in [2.45, 2.75) is 39.2 Å². The van der Waals surface area contributed by atoms with E-state index >= 15 is 0 Å². The number of benzene rings is 2. The molecule has 0 saturated carbocycles. The van der Waals surface area contributed by atoms with E-state index in [1.807, 2.05) is 24.3 Å². The van der Waals surface area contributed by atoms with Crippen molar-refractivity contribution in [3.63, 3.8) is 0 Å². The average molecular weight is 283 g/mol. The van der Waals surface area contributed by atoms with Crippen molar-refractivity contribution < 1.29 is 4.74 Å². The minimum Gasteiger partial charge on any atom is -0.489 e. The summed E-state index contributed by atoms with van der Waals surface area (Å²) in [6, 6.07) is 18.6. The summed E-state index contributed by atoms with van der Waals surface area (Å²) in [5.41, 5.74) is 2.43. The predicted octanol–water partition coefficient (Wildman–Crippen LogP) is 5.08. The van der Waals surface area contributed by atoms with Gasteiger partial charge in [0.25, 0.3) is 0 Å². The molecule has 0 radical (unpaired) electrons. The van der Waals surface area contributed by atoms with Crippen LogP contribution in [-0.4, -0.2) is 12.6 Å². The third-order valence-corrected chi connectivity index (χ3v) is 3.76. The van der Waals surface area contributed by atoms with Gasteiger partial charge in [-0.3, -0.25) is 0 Å². The van der Waals surface area contributed by atoms with Gasteiger partial charge in [0, 0.05) is 5.69 Å². The molecule has 0 fully saturated rings. The van der Waals surface area contributed by atoms with Gasteiger partial charge in [-0.05, 0) is 43.0 Å². The maximum absolute atomic E-state index is 6.13. The van der Waals surface area contributed by atoms with Crippen LogP contribution < -0.4 is 10.1 Å². The Bertz CT molecular complexity index is 538. The van der Waals surface area contributed by atoms with E-state index in [2.05, 4.69) is 56.4 Å². The van der Waals surface area contributed by atoms with Crippen LogP contribution in [0.2, 0.25) is 0 Å². The Kier molecular flexibility index (Phi) is 5.68. The van der Waals surface area contributed by atoms with Crippen LogP contribution in [0.15, 0.2) is 54.6 Å². The molecule has 2 heteroatoms. The summed E-state index contributed by atoms with van der Waals surface area (Å²) < 4.78 is 6.13. The largest absolute Gasteiger partial charge is 0.489 e. The summed E-state index contributed by atoms with van der Waals surface area (Å²) in [6.45, 7) is 7.35. The van der Waals surface area contributed by atoms with Gasteiger partial charge in [-0.25, -0.2) is 0 Å². The van der Waals surface area contributed by atoms with Crippen LogP contribution >= 0.6 is 0 Å². The summed E-state index contributed by atoms with van der Waals surface area (Å²) in [5, 5.41) is 3.40. The normalized spacial score (nSPS) is 13.5. The van der Waals surface area contributed by atoms with E-state index in [1.54, 1.807) is 0 Å². The van der Waals surface area contributed by atoms with E-state index < -0.39 is 0 Å². The lowest BCUT2D eigenvalue weighted by Gasteiger charge is -2.20. The molecule has 0 aliphatic carbocycles. The zero-order valence-electron chi connectivity index (χ0n) is 13.2. The molecule has 2 atom stereocenters. The van der Waals surface area contributed by atoms with Crippen molar-refractivity contribution in [1.82, 2.24) is 0 Å². The molecule has 2 aromatic rings. The van der Waals surface area contributed by atoms with Crippen molar-refractivity contribution in [2.24, 2.45) is 0 Å². The van der Waals surface area contributed by atoms with Crippen molar-refractivity contribution in [1.29, 1.82) is 0 Å². The highest BCUT2D eigenvalue weighted by Gasteiger charge is 2.12. The molecule has 21 heavy (non-hydrogen) atoms. The molecule has 0 amide bonds. The molecule has 2 aromatic carbocycles. The Morgan fingerprint density at radius 3 is 2.33 bits per heavy atom.